The zero-order chi connectivity index (χ0) is 18.2. The predicted molar refractivity (Wildman–Crippen MR) is 95.6 cm³/mol. The second kappa shape index (κ2) is 6.66. The van der Waals surface area contributed by atoms with E-state index in [4.69, 9.17) is 9.47 Å². The zero-order valence-corrected chi connectivity index (χ0v) is 15.2. The van der Waals surface area contributed by atoms with E-state index in [-0.39, 0.29) is 11.7 Å². The molecule has 4 nitrogen and oxygen atoms in total. The molecule has 1 saturated carbocycles. The summed E-state index contributed by atoms with van der Waals surface area (Å²) in [5, 5.41) is 0. The molecule has 0 aliphatic heterocycles. The van der Waals surface area contributed by atoms with Crippen LogP contribution in [0.3, 0.4) is 0 Å². The third-order valence-corrected chi connectivity index (χ3v) is 6.23. The highest BCUT2D eigenvalue weighted by atomic mass is 16.5. The van der Waals surface area contributed by atoms with Crippen molar-refractivity contribution in [3.63, 3.8) is 0 Å². The molecular formula is C21H26O4. The first kappa shape index (κ1) is 17.7. The second-order valence-electron chi connectivity index (χ2n) is 7.44. The maximum Gasteiger partial charge on any atom is 0.316 e. The quantitative estimate of drug-likeness (QED) is 0.449. The van der Waals surface area contributed by atoms with E-state index in [1.54, 1.807) is 7.11 Å². The standard InChI is InChI=1S/C21H26O4/c1-5-15-12-18(20(23)25-4)19(22)21(15,2)9-8-13-10-14-11-16(24-3)6-7-17(13)14/h5-7,11,13,15,18H,1,8-10,12H2,2-4H3/t13?,15-,18?,21+/m1/s1. The van der Waals surface area contributed by atoms with Crippen molar-refractivity contribution < 1.29 is 19.1 Å². The average molecular weight is 342 g/mol. The van der Waals surface area contributed by atoms with Crippen molar-refractivity contribution in [3.05, 3.63) is 42.0 Å². The molecule has 3 rings (SSSR count). The van der Waals surface area contributed by atoms with Crippen LogP contribution >= 0.6 is 0 Å². The molecular weight excluding hydrogens is 316 g/mol. The van der Waals surface area contributed by atoms with Gasteiger partial charge >= 0.3 is 5.97 Å². The number of Topliss-reactive ketones (excluding diaryl/α,β-unsaturated/α-hetero) is 1. The number of carbonyl (C=O) groups excluding carboxylic acids is 2. The molecule has 2 aliphatic carbocycles. The molecule has 0 radical (unpaired) electrons. The van der Waals surface area contributed by atoms with Crippen LogP contribution in [0.2, 0.25) is 0 Å². The summed E-state index contributed by atoms with van der Waals surface area (Å²) in [6.45, 7) is 5.87. The minimum absolute atomic E-state index is 0.0125. The molecule has 2 aliphatic rings. The van der Waals surface area contributed by atoms with E-state index in [0.717, 1.165) is 25.0 Å². The van der Waals surface area contributed by atoms with Crippen molar-refractivity contribution in [2.75, 3.05) is 14.2 Å². The van der Waals surface area contributed by atoms with Crippen molar-refractivity contribution in [1.82, 2.24) is 0 Å². The number of fused-ring (bicyclic) bond motifs is 1. The van der Waals surface area contributed by atoms with Gasteiger partial charge in [-0.25, -0.2) is 0 Å². The topological polar surface area (TPSA) is 52.6 Å². The van der Waals surface area contributed by atoms with Gasteiger partial charge in [-0.15, -0.1) is 6.58 Å². The molecule has 4 atom stereocenters. The molecule has 0 aromatic heterocycles. The largest absolute Gasteiger partial charge is 0.497 e. The van der Waals surface area contributed by atoms with Gasteiger partial charge < -0.3 is 9.47 Å². The molecule has 25 heavy (non-hydrogen) atoms. The highest BCUT2D eigenvalue weighted by Crippen LogP contribution is 2.50. The Morgan fingerprint density at radius 2 is 2.16 bits per heavy atom. The van der Waals surface area contributed by atoms with Gasteiger partial charge in [0.25, 0.3) is 0 Å². The summed E-state index contributed by atoms with van der Waals surface area (Å²) in [6, 6.07) is 6.21. The van der Waals surface area contributed by atoms with Gasteiger partial charge in [0.05, 0.1) is 14.2 Å². The molecule has 0 amide bonds. The Balaban J connectivity index is 1.70. The van der Waals surface area contributed by atoms with Crippen molar-refractivity contribution in [3.8, 4) is 5.75 Å². The fraction of sp³-hybridized carbons (Fsp3) is 0.524. The number of ketones is 1. The molecule has 1 aromatic rings. The van der Waals surface area contributed by atoms with Crippen molar-refractivity contribution in [2.45, 2.75) is 38.5 Å². The third-order valence-electron chi connectivity index (χ3n) is 6.23. The SMILES string of the molecule is C=C[C@@H]1CC(C(=O)OC)C(=O)[C@@]1(C)CCC1Cc2cc(OC)ccc21. The lowest BCUT2D eigenvalue weighted by Gasteiger charge is -2.35. The first-order valence-corrected chi connectivity index (χ1v) is 8.86. The van der Waals surface area contributed by atoms with Crippen LogP contribution in [0, 0.1) is 17.3 Å². The molecule has 1 aromatic carbocycles. The minimum Gasteiger partial charge on any atom is -0.497 e. The lowest BCUT2D eigenvalue weighted by molar-refractivity contribution is -0.149. The average Bonchev–Trinajstić information content (AvgIpc) is 2.86. The normalized spacial score (nSPS) is 30.4. The number of ether oxygens (including phenoxy) is 2. The Kier molecular flexibility index (Phi) is 4.72. The Morgan fingerprint density at radius 3 is 2.76 bits per heavy atom. The van der Waals surface area contributed by atoms with E-state index in [1.807, 2.05) is 19.1 Å². The maximum atomic E-state index is 12.9. The fourth-order valence-electron chi connectivity index (χ4n) is 4.47. The van der Waals surface area contributed by atoms with Gasteiger partial charge in [-0.2, -0.15) is 0 Å². The molecule has 1 fully saturated rings. The third kappa shape index (κ3) is 2.88. The molecule has 4 heteroatoms. The minimum atomic E-state index is -0.643. The maximum absolute atomic E-state index is 12.9. The Hall–Kier alpha value is -2.10. The predicted octanol–water partition coefficient (Wildman–Crippen LogP) is 3.69. The molecule has 2 unspecified atom stereocenters. The van der Waals surface area contributed by atoms with Crippen LogP contribution in [0.4, 0.5) is 0 Å². The molecule has 0 bridgehead atoms. The Labute approximate surface area is 149 Å². The molecule has 134 valence electrons. The summed E-state index contributed by atoms with van der Waals surface area (Å²) in [4.78, 5) is 24.8. The van der Waals surface area contributed by atoms with Gasteiger partial charge in [0.1, 0.15) is 11.7 Å². The second-order valence-corrected chi connectivity index (χ2v) is 7.44. The van der Waals surface area contributed by atoms with Gasteiger partial charge in [0, 0.05) is 5.41 Å². The first-order chi connectivity index (χ1) is 11.9. The van der Waals surface area contributed by atoms with Crippen molar-refractivity contribution >= 4 is 11.8 Å². The molecule has 0 N–H and O–H groups in total. The number of benzene rings is 1. The van der Waals surface area contributed by atoms with Crippen LogP contribution < -0.4 is 4.74 Å². The summed E-state index contributed by atoms with van der Waals surface area (Å²) < 4.78 is 10.1. The summed E-state index contributed by atoms with van der Waals surface area (Å²) in [7, 11) is 3.02. The zero-order valence-electron chi connectivity index (χ0n) is 15.2. The van der Waals surface area contributed by atoms with Crippen molar-refractivity contribution in [1.29, 1.82) is 0 Å². The lowest BCUT2D eigenvalue weighted by Crippen LogP contribution is -2.33. The van der Waals surface area contributed by atoms with Crippen LogP contribution in [0.1, 0.15) is 43.2 Å². The molecule has 0 saturated heterocycles. The lowest BCUT2D eigenvalue weighted by atomic mass is 9.69. The number of rotatable bonds is 6. The van der Waals surface area contributed by atoms with Crippen LogP contribution in [0.15, 0.2) is 30.9 Å². The highest BCUT2D eigenvalue weighted by molar-refractivity contribution is 6.04. The van der Waals surface area contributed by atoms with E-state index in [9.17, 15) is 9.59 Å². The Morgan fingerprint density at radius 1 is 1.40 bits per heavy atom. The number of esters is 1. The van der Waals surface area contributed by atoms with E-state index in [2.05, 4.69) is 18.7 Å². The van der Waals surface area contributed by atoms with Crippen LogP contribution in [-0.4, -0.2) is 26.0 Å². The fourth-order valence-corrected chi connectivity index (χ4v) is 4.47. The van der Waals surface area contributed by atoms with E-state index in [0.29, 0.717) is 12.3 Å². The summed E-state index contributed by atoms with van der Waals surface area (Å²) >= 11 is 0. The van der Waals surface area contributed by atoms with E-state index >= 15 is 0 Å². The number of hydrogen-bond donors (Lipinski definition) is 0. The molecule has 0 heterocycles. The smallest absolute Gasteiger partial charge is 0.316 e. The van der Waals surface area contributed by atoms with Crippen molar-refractivity contribution in [2.24, 2.45) is 17.3 Å². The number of carbonyl (C=O) groups is 2. The van der Waals surface area contributed by atoms with Gasteiger partial charge in [-0.05, 0) is 60.8 Å². The van der Waals surface area contributed by atoms with Gasteiger partial charge in [-0.3, -0.25) is 9.59 Å². The summed E-state index contributed by atoms with van der Waals surface area (Å²) in [6.07, 6.45) is 5.09. The summed E-state index contributed by atoms with van der Waals surface area (Å²) in [5.41, 5.74) is 2.16. The van der Waals surface area contributed by atoms with E-state index < -0.39 is 17.3 Å². The van der Waals surface area contributed by atoms with Crippen LogP contribution in [-0.2, 0) is 20.7 Å². The van der Waals surface area contributed by atoms with E-state index in [1.165, 1.54) is 18.2 Å². The van der Waals surface area contributed by atoms with Gasteiger partial charge in [0.15, 0.2) is 5.78 Å². The molecule has 0 spiro atoms. The van der Waals surface area contributed by atoms with Gasteiger partial charge in [-0.1, -0.05) is 19.1 Å². The number of hydrogen-bond acceptors (Lipinski definition) is 4. The number of allylic oxidation sites excluding steroid dienone is 1. The first-order valence-electron chi connectivity index (χ1n) is 8.86. The summed E-state index contributed by atoms with van der Waals surface area (Å²) in [5.74, 6) is 0.353. The Bertz CT molecular complexity index is 708. The van der Waals surface area contributed by atoms with Crippen LogP contribution in [0.5, 0.6) is 5.75 Å². The monoisotopic (exact) mass is 342 g/mol. The number of methoxy groups -OCH3 is 2. The van der Waals surface area contributed by atoms with Crippen LogP contribution in [0.25, 0.3) is 0 Å². The van der Waals surface area contributed by atoms with Gasteiger partial charge in [0.2, 0.25) is 0 Å². The highest BCUT2D eigenvalue weighted by Gasteiger charge is 2.53.